The van der Waals surface area contributed by atoms with Crippen molar-refractivity contribution in [3.05, 3.63) is 82.9 Å². The van der Waals surface area contributed by atoms with Crippen molar-refractivity contribution in [3.63, 3.8) is 0 Å². The van der Waals surface area contributed by atoms with Crippen LogP contribution >= 0.6 is 11.6 Å². The average Bonchev–Trinajstić information content (AvgIpc) is 3.12. The highest BCUT2D eigenvalue weighted by Crippen LogP contribution is 2.22. The third kappa shape index (κ3) is 5.14. The van der Waals surface area contributed by atoms with Crippen LogP contribution < -0.4 is 10.1 Å². The van der Waals surface area contributed by atoms with Crippen molar-refractivity contribution in [2.75, 3.05) is 6.61 Å². The zero-order valence-electron chi connectivity index (χ0n) is 16.1. The second-order valence-corrected chi connectivity index (χ2v) is 7.08. The van der Waals surface area contributed by atoms with Gasteiger partial charge in [-0.05, 0) is 42.7 Å². The number of aromatic nitrogens is 2. The molecule has 0 saturated carbocycles. The van der Waals surface area contributed by atoms with Gasteiger partial charge in [0.1, 0.15) is 17.6 Å². The minimum atomic E-state index is -0.284. The maximum Gasteiger partial charge on any atom is 0.220 e. The van der Waals surface area contributed by atoms with Gasteiger partial charge in [0.2, 0.25) is 5.91 Å². The minimum Gasteiger partial charge on any atom is -0.494 e. The second kappa shape index (κ2) is 9.42. The van der Waals surface area contributed by atoms with Crippen LogP contribution in [0, 0.1) is 6.92 Å². The molecule has 0 bridgehead atoms. The fourth-order valence-electron chi connectivity index (χ4n) is 2.96. The predicted molar refractivity (Wildman–Crippen MR) is 111 cm³/mol. The average molecular weight is 398 g/mol. The number of aryl methyl sites for hydroxylation is 2. The number of amides is 1. The molecular formula is C22H24ClN3O2. The van der Waals surface area contributed by atoms with Gasteiger partial charge in [-0.15, -0.1) is 0 Å². The number of nitrogens with zero attached hydrogens (tertiary/aromatic N) is 2. The summed E-state index contributed by atoms with van der Waals surface area (Å²) in [5.74, 6) is 1.53. The van der Waals surface area contributed by atoms with Gasteiger partial charge in [0.15, 0.2) is 0 Å². The van der Waals surface area contributed by atoms with E-state index in [1.54, 1.807) is 6.20 Å². The lowest BCUT2D eigenvalue weighted by Crippen LogP contribution is -2.31. The first kappa shape index (κ1) is 20.0. The van der Waals surface area contributed by atoms with Gasteiger partial charge in [-0.1, -0.05) is 41.9 Å². The molecule has 1 amide bonds. The van der Waals surface area contributed by atoms with Gasteiger partial charge >= 0.3 is 0 Å². The van der Waals surface area contributed by atoms with Gasteiger partial charge in [-0.2, -0.15) is 0 Å². The molecule has 0 spiro atoms. The van der Waals surface area contributed by atoms with Crippen molar-refractivity contribution in [2.24, 2.45) is 7.05 Å². The van der Waals surface area contributed by atoms with Gasteiger partial charge < -0.3 is 14.6 Å². The van der Waals surface area contributed by atoms with E-state index in [9.17, 15) is 4.79 Å². The Bertz CT molecular complexity index is 925. The summed E-state index contributed by atoms with van der Waals surface area (Å²) in [6, 6.07) is 15.1. The Morgan fingerprint density at radius 2 is 2.04 bits per heavy atom. The number of carbonyl (C=O) groups excluding carboxylic acids is 1. The first-order valence-corrected chi connectivity index (χ1v) is 9.63. The predicted octanol–water partition coefficient (Wildman–Crippen LogP) is 4.45. The van der Waals surface area contributed by atoms with Gasteiger partial charge in [-0.3, -0.25) is 4.79 Å². The van der Waals surface area contributed by atoms with E-state index in [0.29, 0.717) is 24.5 Å². The zero-order valence-corrected chi connectivity index (χ0v) is 16.8. The first-order valence-electron chi connectivity index (χ1n) is 9.25. The number of nitrogens with one attached hydrogen (secondary N) is 1. The maximum absolute atomic E-state index is 12.5. The quantitative estimate of drug-likeness (QED) is 0.571. The van der Waals surface area contributed by atoms with Crippen molar-refractivity contribution in [2.45, 2.75) is 25.8 Å². The highest BCUT2D eigenvalue weighted by atomic mass is 35.5. The van der Waals surface area contributed by atoms with Crippen LogP contribution in [-0.4, -0.2) is 22.1 Å². The summed E-state index contributed by atoms with van der Waals surface area (Å²) in [4.78, 5) is 16.9. The number of halogens is 1. The van der Waals surface area contributed by atoms with E-state index in [2.05, 4.69) is 10.3 Å². The Morgan fingerprint density at radius 3 is 2.71 bits per heavy atom. The summed E-state index contributed by atoms with van der Waals surface area (Å²) >= 11 is 6.02. The number of ether oxygens (including phenoxy) is 1. The highest BCUT2D eigenvalue weighted by Gasteiger charge is 2.20. The van der Waals surface area contributed by atoms with Crippen LogP contribution in [0.25, 0.3) is 0 Å². The third-order valence-electron chi connectivity index (χ3n) is 4.50. The first-order chi connectivity index (χ1) is 13.5. The molecule has 0 aliphatic heterocycles. The molecule has 0 radical (unpaired) electrons. The largest absolute Gasteiger partial charge is 0.494 e. The molecule has 0 aliphatic rings. The smallest absolute Gasteiger partial charge is 0.220 e. The molecule has 0 fully saturated rings. The molecule has 5 nitrogen and oxygen atoms in total. The molecule has 0 saturated heterocycles. The molecule has 0 unspecified atom stereocenters. The number of hydrogen-bond donors (Lipinski definition) is 1. The van der Waals surface area contributed by atoms with Crippen LogP contribution in [0.1, 0.15) is 35.8 Å². The van der Waals surface area contributed by atoms with Crippen molar-refractivity contribution < 1.29 is 9.53 Å². The summed E-state index contributed by atoms with van der Waals surface area (Å²) < 4.78 is 7.64. The van der Waals surface area contributed by atoms with Crippen molar-refractivity contribution in [1.82, 2.24) is 14.9 Å². The van der Waals surface area contributed by atoms with E-state index >= 15 is 0 Å². The van der Waals surface area contributed by atoms with E-state index in [0.717, 1.165) is 22.7 Å². The van der Waals surface area contributed by atoms with Crippen molar-refractivity contribution in [3.8, 4) is 5.75 Å². The molecule has 146 valence electrons. The normalized spacial score (nSPS) is 11.8. The van der Waals surface area contributed by atoms with Gasteiger partial charge in [-0.25, -0.2) is 4.98 Å². The van der Waals surface area contributed by atoms with E-state index in [-0.39, 0.29) is 11.9 Å². The molecule has 1 N–H and O–H groups in total. The molecule has 28 heavy (non-hydrogen) atoms. The van der Waals surface area contributed by atoms with Crippen molar-refractivity contribution >= 4 is 17.5 Å². The van der Waals surface area contributed by atoms with Crippen LogP contribution in [0.5, 0.6) is 5.75 Å². The summed E-state index contributed by atoms with van der Waals surface area (Å²) in [6.45, 7) is 2.40. The second-order valence-electron chi connectivity index (χ2n) is 6.67. The SMILES string of the molecule is Cc1cc(OCCCC(=O)N[C@@H](c2ccccc2)c2nccn2C)ccc1Cl. The Balaban J connectivity index is 1.55. The molecule has 1 atom stereocenters. The molecule has 1 aromatic heterocycles. The van der Waals surface area contributed by atoms with Crippen LogP contribution in [0.15, 0.2) is 60.9 Å². The summed E-state index contributed by atoms with van der Waals surface area (Å²) in [6.07, 6.45) is 4.61. The molecule has 0 aliphatic carbocycles. The fourth-order valence-corrected chi connectivity index (χ4v) is 3.08. The van der Waals surface area contributed by atoms with Gasteiger partial charge in [0.05, 0.1) is 6.61 Å². The lowest BCUT2D eigenvalue weighted by atomic mass is 10.1. The van der Waals surface area contributed by atoms with Crippen LogP contribution in [0.3, 0.4) is 0 Å². The van der Waals surface area contributed by atoms with Crippen LogP contribution in [0.4, 0.5) is 0 Å². The molecule has 2 aromatic carbocycles. The highest BCUT2D eigenvalue weighted by molar-refractivity contribution is 6.31. The lowest BCUT2D eigenvalue weighted by molar-refractivity contribution is -0.121. The number of hydrogen-bond acceptors (Lipinski definition) is 3. The molecule has 3 rings (SSSR count). The number of rotatable bonds is 8. The monoisotopic (exact) mass is 397 g/mol. The van der Waals surface area contributed by atoms with E-state index in [4.69, 9.17) is 16.3 Å². The van der Waals surface area contributed by atoms with Crippen molar-refractivity contribution in [1.29, 1.82) is 0 Å². The fraction of sp³-hybridized carbons (Fsp3) is 0.273. The number of carbonyl (C=O) groups is 1. The maximum atomic E-state index is 12.5. The van der Waals surface area contributed by atoms with E-state index < -0.39 is 0 Å². The topological polar surface area (TPSA) is 56.1 Å². The molecule has 3 aromatic rings. The van der Waals surface area contributed by atoms with Crippen LogP contribution in [0.2, 0.25) is 5.02 Å². The van der Waals surface area contributed by atoms with Gasteiger partial charge in [0, 0.05) is 30.9 Å². The molecular weight excluding hydrogens is 374 g/mol. The molecule has 1 heterocycles. The third-order valence-corrected chi connectivity index (χ3v) is 4.93. The minimum absolute atomic E-state index is 0.0345. The summed E-state index contributed by atoms with van der Waals surface area (Å²) in [7, 11) is 1.92. The van der Waals surface area contributed by atoms with E-state index in [1.165, 1.54) is 0 Å². The Labute approximate surface area is 170 Å². The molecule has 6 heteroatoms. The van der Waals surface area contributed by atoms with Crippen LogP contribution in [-0.2, 0) is 11.8 Å². The number of imidazole rings is 1. The Hall–Kier alpha value is -2.79. The standard InChI is InChI=1S/C22H24ClN3O2/c1-16-15-18(10-11-19(16)23)28-14-6-9-20(27)25-21(17-7-4-3-5-8-17)22-24-12-13-26(22)2/h3-5,7-8,10-13,15,21H,6,9,14H2,1-2H3,(H,25,27)/t21-/m0/s1. The van der Waals surface area contributed by atoms with E-state index in [1.807, 2.05) is 73.3 Å². The Kier molecular flexibility index (Phi) is 6.71. The zero-order chi connectivity index (χ0) is 19.9. The lowest BCUT2D eigenvalue weighted by Gasteiger charge is -2.19. The van der Waals surface area contributed by atoms with Gasteiger partial charge in [0.25, 0.3) is 0 Å². The summed E-state index contributed by atoms with van der Waals surface area (Å²) in [5.41, 5.74) is 1.97. The Morgan fingerprint density at radius 1 is 1.25 bits per heavy atom. The summed E-state index contributed by atoms with van der Waals surface area (Å²) in [5, 5.41) is 3.81. The number of benzene rings is 2.